The quantitative estimate of drug-likeness (QED) is 0.709. The first-order valence-corrected chi connectivity index (χ1v) is 11.4. The summed E-state index contributed by atoms with van der Waals surface area (Å²) in [6.07, 6.45) is 2.21. The molecule has 1 unspecified atom stereocenters. The van der Waals surface area contributed by atoms with Gasteiger partial charge in [-0.2, -0.15) is 0 Å². The van der Waals surface area contributed by atoms with E-state index < -0.39 is 11.6 Å². The molecule has 0 bridgehead atoms. The van der Waals surface area contributed by atoms with E-state index in [0.717, 1.165) is 34.4 Å². The third kappa shape index (κ3) is 3.69. The monoisotopic (exact) mass is 449 g/mol. The summed E-state index contributed by atoms with van der Waals surface area (Å²) >= 11 is 0. The predicted molar refractivity (Wildman–Crippen MR) is 120 cm³/mol. The molecule has 1 N–H and O–H groups in total. The number of rotatable bonds is 5. The van der Waals surface area contributed by atoms with Crippen LogP contribution in [0.15, 0.2) is 42.5 Å². The van der Waals surface area contributed by atoms with E-state index in [9.17, 15) is 14.4 Å². The number of carbonyl (C=O) groups excluding carboxylic acids is 3. The van der Waals surface area contributed by atoms with Gasteiger partial charge >= 0.3 is 6.03 Å². The van der Waals surface area contributed by atoms with E-state index in [0.29, 0.717) is 44.2 Å². The van der Waals surface area contributed by atoms with E-state index in [1.807, 2.05) is 49.4 Å². The van der Waals surface area contributed by atoms with Crippen LogP contribution in [-0.4, -0.2) is 53.9 Å². The number of ether oxygens (including phenoxy) is 2. The summed E-state index contributed by atoms with van der Waals surface area (Å²) in [5, 5.41) is 2.91. The Hall–Kier alpha value is -3.55. The van der Waals surface area contributed by atoms with Crippen LogP contribution in [-0.2, 0) is 28.1 Å². The van der Waals surface area contributed by atoms with Gasteiger partial charge in [0.25, 0.3) is 5.91 Å². The lowest BCUT2D eigenvalue weighted by atomic mass is 9.76. The zero-order valence-corrected chi connectivity index (χ0v) is 18.6. The van der Waals surface area contributed by atoms with Crippen LogP contribution in [0.4, 0.5) is 4.79 Å². The number of hydrogen-bond acceptors (Lipinski definition) is 5. The molecule has 2 heterocycles. The third-order valence-electron chi connectivity index (χ3n) is 6.66. The first-order chi connectivity index (χ1) is 16.0. The fourth-order valence-electron chi connectivity index (χ4n) is 4.97. The maximum atomic E-state index is 13.5. The highest BCUT2D eigenvalue weighted by atomic mass is 16.6. The Labute approximate surface area is 192 Å². The second-order valence-corrected chi connectivity index (χ2v) is 8.62. The number of imide groups is 1. The molecule has 1 aliphatic carbocycles. The standard InChI is InChI=1S/C25H27N3O5/c1-2-27(15-17-9-10-20-21(14-17)33-13-12-32-20)22(29)16-28-23(30)25(26-24(28)31)11-5-7-18-6-3-4-8-19(18)25/h3-4,6,8-10,14H,2,5,7,11-13,15-16H2,1H3,(H,26,31). The first kappa shape index (κ1) is 21.3. The van der Waals surface area contributed by atoms with Gasteiger partial charge in [0.1, 0.15) is 25.3 Å². The lowest BCUT2D eigenvalue weighted by Gasteiger charge is -2.33. The molecular weight excluding hydrogens is 422 g/mol. The van der Waals surface area contributed by atoms with E-state index >= 15 is 0 Å². The SMILES string of the molecule is CCN(Cc1ccc2c(c1)OCCO2)C(=O)CN1C(=O)NC2(CCCc3ccccc32)C1=O. The highest BCUT2D eigenvalue weighted by Crippen LogP contribution is 2.40. The zero-order chi connectivity index (χ0) is 23.0. The first-order valence-electron chi connectivity index (χ1n) is 11.4. The zero-order valence-electron chi connectivity index (χ0n) is 18.6. The Bertz CT molecular complexity index is 1120. The minimum absolute atomic E-state index is 0.281. The van der Waals surface area contributed by atoms with Gasteiger partial charge in [0.2, 0.25) is 5.91 Å². The average Bonchev–Trinajstić information content (AvgIpc) is 3.07. The Kier molecular flexibility index (Phi) is 5.44. The van der Waals surface area contributed by atoms with Crippen molar-refractivity contribution >= 4 is 17.8 Å². The van der Waals surface area contributed by atoms with Gasteiger partial charge < -0.3 is 19.7 Å². The molecule has 0 saturated carbocycles. The van der Waals surface area contributed by atoms with E-state index in [1.54, 1.807) is 4.90 Å². The van der Waals surface area contributed by atoms with E-state index in [4.69, 9.17) is 9.47 Å². The molecule has 172 valence electrons. The molecule has 1 fully saturated rings. The summed E-state index contributed by atoms with van der Waals surface area (Å²) in [7, 11) is 0. The molecule has 0 aromatic heterocycles. The lowest BCUT2D eigenvalue weighted by molar-refractivity contribution is -0.139. The Morgan fingerprint density at radius 3 is 2.73 bits per heavy atom. The number of aryl methyl sites for hydroxylation is 1. The molecule has 2 aromatic carbocycles. The largest absolute Gasteiger partial charge is 0.486 e. The number of likely N-dealkylation sites (N-methyl/N-ethyl adjacent to an activating group) is 1. The van der Waals surface area contributed by atoms with Crippen LogP contribution >= 0.6 is 0 Å². The molecule has 5 rings (SSSR count). The van der Waals surface area contributed by atoms with Crippen molar-refractivity contribution in [1.29, 1.82) is 0 Å². The molecular formula is C25H27N3O5. The molecule has 33 heavy (non-hydrogen) atoms. The van der Waals surface area contributed by atoms with E-state index in [1.165, 1.54) is 0 Å². The molecule has 2 aromatic rings. The predicted octanol–water partition coefficient (Wildman–Crippen LogP) is 2.59. The normalized spacial score (nSPS) is 21.1. The van der Waals surface area contributed by atoms with Crippen molar-refractivity contribution < 1.29 is 23.9 Å². The number of urea groups is 1. The number of hydrogen-bond donors (Lipinski definition) is 1. The smallest absolute Gasteiger partial charge is 0.325 e. The van der Waals surface area contributed by atoms with Crippen LogP contribution in [0.3, 0.4) is 0 Å². The molecule has 3 aliphatic rings. The van der Waals surface area contributed by atoms with E-state index in [2.05, 4.69) is 5.32 Å². The molecule has 0 radical (unpaired) electrons. The molecule has 8 heteroatoms. The maximum Gasteiger partial charge on any atom is 0.325 e. The van der Waals surface area contributed by atoms with Crippen molar-refractivity contribution in [3.05, 3.63) is 59.2 Å². The number of amides is 4. The fraction of sp³-hybridized carbons (Fsp3) is 0.400. The third-order valence-corrected chi connectivity index (χ3v) is 6.66. The molecule has 2 aliphatic heterocycles. The minimum Gasteiger partial charge on any atom is -0.486 e. The number of benzene rings is 2. The molecule has 1 atom stereocenters. The summed E-state index contributed by atoms with van der Waals surface area (Å²) in [5.41, 5.74) is 1.73. The van der Waals surface area contributed by atoms with Gasteiger partial charge in [-0.15, -0.1) is 0 Å². The van der Waals surface area contributed by atoms with Crippen molar-refractivity contribution in [2.45, 2.75) is 38.3 Å². The van der Waals surface area contributed by atoms with Crippen molar-refractivity contribution in [2.75, 3.05) is 26.3 Å². The van der Waals surface area contributed by atoms with Crippen LogP contribution in [0, 0.1) is 0 Å². The summed E-state index contributed by atoms with van der Waals surface area (Å²) in [6.45, 7) is 3.40. The summed E-state index contributed by atoms with van der Waals surface area (Å²) < 4.78 is 11.2. The topological polar surface area (TPSA) is 88.2 Å². The average molecular weight is 450 g/mol. The van der Waals surface area contributed by atoms with Crippen molar-refractivity contribution in [3.8, 4) is 11.5 Å². The Morgan fingerprint density at radius 2 is 1.91 bits per heavy atom. The highest BCUT2D eigenvalue weighted by molar-refractivity contribution is 6.09. The van der Waals surface area contributed by atoms with Crippen LogP contribution < -0.4 is 14.8 Å². The van der Waals surface area contributed by atoms with Gasteiger partial charge in [0, 0.05) is 13.1 Å². The Morgan fingerprint density at radius 1 is 1.12 bits per heavy atom. The van der Waals surface area contributed by atoms with E-state index in [-0.39, 0.29) is 18.4 Å². The lowest BCUT2D eigenvalue weighted by Crippen LogP contribution is -2.47. The Balaban J connectivity index is 1.32. The molecule has 8 nitrogen and oxygen atoms in total. The van der Waals surface area contributed by atoms with Gasteiger partial charge in [0.15, 0.2) is 11.5 Å². The summed E-state index contributed by atoms with van der Waals surface area (Å²) in [5.74, 6) is 0.728. The second-order valence-electron chi connectivity index (χ2n) is 8.62. The maximum absolute atomic E-state index is 13.5. The van der Waals surface area contributed by atoms with Gasteiger partial charge in [-0.25, -0.2) is 4.79 Å². The van der Waals surface area contributed by atoms with Gasteiger partial charge in [-0.3, -0.25) is 14.5 Å². The molecule has 1 saturated heterocycles. The summed E-state index contributed by atoms with van der Waals surface area (Å²) in [4.78, 5) is 42.1. The second kappa shape index (κ2) is 8.42. The van der Waals surface area contributed by atoms with Crippen molar-refractivity contribution in [3.63, 3.8) is 0 Å². The minimum atomic E-state index is -1.07. The number of nitrogens with one attached hydrogen (secondary N) is 1. The van der Waals surface area contributed by atoms with Crippen molar-refractivity contribution in [2.24, 2.45) is 0 Å². The van der Waals surface area contributed by atoms with Crippen LogP contribution in [0.25, 0.3) is 0 Å². The van der Waals surface area contributed by atoms with Crippen molar-refractivity contribution in [1.82, 2.24) is 15.1 Å². The number of carbonyl (C=O) groups is 3. The number of fused-ring (bicyclic) bond motifs is 3. The van der Waals surface area contributed by atoms with Gasteiger partial charge in [-0.1, -0.05) is 30.3 Å². The molecule has 4 amide bonds. The number of nitrogens with zero attached hydrogens (tertiary/aromatic N) is 2. The highest BCUT2D eigenvalue weighted by Gasteiger charge is 2.54. The van der Waals surface area contributed by atoms with Crippen LogP contribution in [0.5, 0.6) is 11.5 Å². The van der Waals surface area contributed by atoms with Gasteiger partial charge in [-0.05, 0) is 55.0 Å². The fourth-order valence-corrected chi connectivity index (χ4v) is 4.97. The van der Waals surface area contributed by atoms with Crippen LogP contribution in [0.2, 0.25) is 0 Å². The van der Waals surface area contributed by atoms with Gasteiger partial charge in [0.05, 0.1) is 0 Å². The summed E-state index contributed by atoms with van der Waals surface area (Å²) in [6, 6.07) is 12.8. The molecule has 1 spiro atoms. The van der Waals surface area contributed by atoms with Crippen LogP contribution in [0.1, 0.15) is 36.5 Å².